The number of nitrogens with zero attached hydrogens (tertiary/aromatic N) is 6. The molecule has 0 fully saturated rings. The van der Waals surface area contributed by atoms with Crippen LogP contribution in [0.5, 0.6) is 0 Å². The van der Waals surface area contributed by atoms with E-state index in [2.05, 4.69) is 43.3 Å². The van der Waals surface area contributed by atoms with Crippen molar-refractivity contribution in [3.8, 4) is 5.69 Å². The third-order valence-corrected chi connectivity index (χ3v) is 4.34. The Labute approximate surface area is 167 Å². The van der Waals surface area contributed by atoms with Gasteiger partial charge >= 0.3 is 6.03 Å². The van der Waals surface area contributed by atoms with Crippen LogP contribution in [-0.4, -0.2) is 35.8 Å². The highest BCUT2D eigenvalue weighted by Gasteiger charge is 2.07. The average Bonchev–Trinajstić information content (AvgIpc) is 3.38. The van der Waals surface area contributed by atoms with E-state index in [0.717, 1.165) is 23.4 Å². The van der Waals surface area contributed by atoms with Crippen LogP contribution in [-0.2, 0) is 13.1 Å². The second-order valence-corrected chi connectivity index (χ2v) is 6.55. The number of amides is 2. The van der Waals surface area contributed by atoms with Gasteiger partial charge in [0, 0.05) is 31.2 Å². The van der Waals surface area contributed by atoms with Crippen molar-refractivity contribution in [1.29, 1.82) is 0 Å². The largest absolute Gasteiger partial charge is 0.334 e. The molecule has 0 radical (unpaired) electrons. The third-order valence-electron chi connectivity index (χ3n) is 4.34. The first-order valence-corrected chi connectivity index (χ1v) is 9.11. The zero-order valence-corrected chi connectivity index (χ0v) is 15.9. The summed E-state index contributed by atoms with van der Waals surface area (Å²) in [5.74, 6) is 0.669. The van der Waals surface area contributed by atoms with Crippen molar-refractivity contribution in [2.45, 2.75) is 20.0 Å². The Hall–Kier alpha value is -4.01. The first-order valence-electron chi connectivity index (χ1n) is 9.11. The van der Waals surface area contributed by atoms with E-state index in [9.17, 15) is 4.79 Å². The van der Waals surface area contributed by atoms with Crippen molar-refractivity contribution in [3.63, 3.8) is 0 Å². The molecular weight excluding hydrogens is 368 g/mol. The van der Waals surface area contributed by atoms with Crippen LogP contribution in [0.3, 0.4) is 0 Å². The number of tetrazole rings is 1. The van der Waals surface area contributed by atoms with Crippen molar-refractivity contribution in [2.24, 2.45) is 0 Å². The lowest BCUT2D eigenvalue weighted by atomic mass is 10.1. The zero-order valence-electron chi connectivity index (χ0n) is 15.9. The molecule has 9 heteroatoms. The number of rotatable bonds is 6. The van der Waals surface area contributed by atoms with Gasteiger partial charge in [-0.25, -0.2) is 9.78 Å². The maximum atomic E-state index is 12.3. The maximum absolute atomic E-state index is 12.3. The van der Waals surface area contributed by atoms with Crippen LogP contribution in [0.1, 0.15) is 17.0 Å². The molecule has 0 aliphatic heterocycles. The Morgan fingerprint density at radius 1 is 1.10 bits per heavy atom. The molecule has 2 N–H and O–H groups in total. The number of hydrogen-bond acceptors (Lipinski definition) is 5. The topological polar surface area (TPSA) is 103 Å². The minimum absolute atomic E-state index is 0.282. The van der Waals surface area contributed by atoms with Gasteiger partial charge in [0.15, 0.2) is 5.82 Å². The van der Waals surface area contributed by atoms with Gasteiger partial charge in [-0.2, -0.15) is 4.68 Å². The Bertz CT molecular complexity index is 1100. The summed E-state index contributed by atoms with van der Waals surface area (Å²) >= 11 is 0. The molecule has 0 saturated heterocycles. The fourth-order valence-corrected chi connectivity index (χ4v) is 2.97. The molecule has 4 aromatic rings. The van der Waals surface area contributed by atoms with Gasteiger partial charge in [-0.15, -0.1) is 5.10 Å². The molecular formula is C20H20N8O. The fourth-order valence-electron chi connectivity index (χ4n) is 2.97. The van der Waals surface area contributed by atoms with E-state index in [1.807, 2.05) is 54.1 Å². The van der Waals surface area contributed by atoms with Crippen molar-refractivity contribution >= 4 is 11.7 Å². The lowest BCUT2D eigenvalue weighted by molar-refractivity contribution is 0.251. The predicted molar refractivity (Wildman–Crippen MR) is 108 cm³/mol. The van der Waals surface area contributed by atoms with Gasteiger partial charge in [-0.1, -0.05) is 30.3 Å². The molecule has 2 aromatic carbocycles. The molecule has 0 aliphatic carbocycles. The summed E-state index contributed by atoms with van der Waals surface area (Å²) in [4.78, 5) is 16.4. The number of benzene rings is 2. The summed E-state index contributed by atoms with van der Waals surface area (Å²) in [6, 6.07) is 15.2. The highest BCUT2D eigenvalue weighted by atomic mass is 16.2. The number of carbonyl (C=O) groups excluding carboxylic acids is 1. The summed E-state index contributed by atoms with van der Waals surface area (Å²) in [6.07, 6.45) is 5.46. The summed E-state index contributed by atoms with van der Waals surface area (Å²) in [6.45, 7) is 2.98. The van der Waals surface area contributed by atoms with Crippen molar-refractivity contribution < 1.29 is 4.79 Å². The predicted octanol–water partition coefficient (Wildman–Crippen LogP) is 2.54. The molecule has 0 aliphatic rings. The Kier molecular flexibility index (Phi) is 5.28. The molecule has 4 rings (SSSR count). The average molecular weight is 388 g/mol. The van der Waals surface area contributed by atoms with E-state index >= 15 is 0 Å². The molecule has 29 heavy (non-hydrogen) atoms. The maximum Gasteiger partial charge on any atom is 0.319 e. The lowest BCUT2D eigenvalue weighted by Crippen LogP contribution is -2.28. The van der Waals surface area contributed by atoms with Gasteiger partial charge < -0.3 is 15.2 Å². The number of urea groups is 1. The monoisotopic (exact) mass is 388 g/mol. The highest BCUT2D eigenvalue weighted by molar-refractivity contribution is 5.89. The van der Waals surface area contributed by atoms with Gasteiger partial charge in [0.05, 0.1) is 12.0 Å². The smallest absolute Gasteiger partial charge is 0.319 e. The van der Waals surface area contributed by atoms with Gasteiger partial charge in [0.2, 0.25) is 0 Å². The molecule has 146 valence electrons. The van der Waals surface area contributed by atoms with Crippen LogP contribution in [0.15, 0.2) is 67.3 Å². The SMILES string of the molecule is Cc1nnnn1-c1cccc(NC(=O)NCc2cccc(Cn3ccnc3)c2)c1. The molecule has 2 amide bonds. The van der Waals surface area contributed by atoms with Crippen LogP contribution < -0.4 is 10.6 Å². The number of carbonyl (C=O) groups is 1. The minimum atomic E-state index is -0.282. The van der Waals surface area contributed by atoms with Gasteiger partial charge in [0.25, 0.3) is 0 Å². The van der Waals surface area contributed by atoms with E-state index in [-0.39, 0.29) is 6.03 Å². The van der Waals surface area contributed by atoms with E-state index in [1.165, 1.54) is 0 Å². The van der Waals surface area contributed by atoms with Crippen molar-refractivity contribution in [2.75, 3.05) is 5.32 Å². The molecule has 0 bridgehead atoms. The molecule has 0 spiro atoms. The zero-order chi connectivity index (χ0) is 20.1. The lowest BCUT2D eigenvalue weighted by Gasteiger charge is -2.10. The van der Waals surface area contributed by atoms with Gasteiger partial charge in [-0.05, 0) is 46.7 Å². The first-order chi connectivity index (χ1) is 14.2. The second-order valence-electron chi connectivity index (χ2n) is 6.55. The number of anilines is 1. The van der Waals surface area contributed by atoms with Gasteiger partial charge in [0.1, 0.15) is 0 Å². The highest BCUT2D eigenvalue weighted by Crippen LogP contribution is 2.14. The van der Waals surface area contributed by atoms with E-state index in [4.69, 9.17) is 0 Å². The normalized spacial score (nSPS) is 10.7. The summed E-state index contributed by atoms with van der Waals surface area (Å²) < 4.78 is 3.60. The van der Waals surface area contributed by atoms with Crippen LogP contribution >= 0.6 is 0 Å². The number of aryl methyl sites for hydroxylation is 1. The standard InChI is InChI=1S/C20H20N8O/c1-15-24-25-26-28(15)19-7-3-6-18(11-19)23-20(29)22-12-16-4-2-5-17(10-16)13-27-9-8-21-14-27/h2-11,14H,12-13H2,1H3,(H2,22,23,29). The Balaban J connectivity index is 1.35. The van der Waals surface area contributed by atoms with Crippen LogP contribution in [0.25, 0.3) is 5.69 Å². The molecule has 2 heterocycles. The van der Waals surface area contributed by atoms with E-state index in [0.29, 0.717) is 18.1 Å². The van der Waals surface area contributed by atoms with Crippen molar-refractivity contribution in [1.82, 2.24) is 35.1 Å². The van der Waals surface area contributed by atoms with E-state index in [1.54, 1.807) is 17.2 Å². The fraction of sp³-hybridized carbons (Fsp3) is 0.150. The molecule has 0 saturated carbocycles. The minimum Gasteiger partial charge on any atom is -0.334 e. The Morgan fingerprint density at radius 3 is 2.76 bits per heavy atom. The number of imidazole rings is 1. The van der Waals surface area contributed by atoms with E-state index < -0.39 is 0 Å². The number of hydrogen-bond donors (Lipinski definition) is 2. The molecule has 0 atom stereocenters. The first kappa shape index (κ1) is 18.4. The van der Waals surface area contributed by atoms with Crippen LogP contribution in [0.4, 0.5) is 10.5 Å². The summed E-state index contributed by atoms with van der Waals surface area (Å²) in [5, 5.41) is 17.2. The van der Waals surface area contributed by atoms with Crippen molar-refractivity contribution in [3.05, 3.63) is 84.2 Å². The Morgan fingerprint density at radius 2 is 1.97 bits per heavy atom. The summed E-state index contributed by atoms with van der Waals surface area (Å²) in [5.41, 5.74) is 3.60. The van der Waals surface area contributed by atoms with Gasteiger partial charge in [-0.3, -0.25) is 0 Å². The van der Waals surface area contributed by atoms with Crippen LogP contribution in [0, 0.1) is 6.92 Å². The third kappa shape index (κ3) is 4.64. The van der Waals surface area contributed by atoms with Crippen LogP contribution in [0.2, 0.25) is 0 Å². The molecule has 2 aromatic heterocycles. The molecule has 0 unspecified atom stereocenters. The number of aromatic nitrogens is 6. The number of nitrogens with one attached hydrogen (secondary N) is 2. The quantitative estimate of drug-likeness (QED) is 0.528. The summed E-state index contributed by atoms with van der Waals surface area (Å²) in [7, 11) is 0. The second kappa shape index (κ2) is 8.34. The molecule has 9 nitrogen and oxygen atoms in total.